The Morgan fingerprint density at radius 2 is 1.64 bits per heavy atom. The molecule has 0 saturated heterocycles. The maximum absolute atomic E-state index is 11.8. The number of halogens is 1. The van der Waals surface area contributed by atoms with Crippen molar-refractivity contribution in [2.24, 2.45) is 0 Å². The van der Waals surface area contributed by atoms with E-state index in [1.165, 1.54) is 0 Å². The van der Waals surface area contributed by atoms with Gasteiger partial charge in [0, 0.05) is 5.56 Å². The minimum Gasteiger partial charge on any atom is -0.406 e. The van der Waals surface area contributed by atoms with Crippen LogP contribution in [0.3, 0.4) is 0 Å². The monoisotopic (exact) mass is 317 g/mol. The van der Waals surface area contributed by atoms with Gasteiger partial charge in [0.15, 0.2) is 5.38 Å². The second kappa shape index (κ2) is 8.32. The minimum absolute atomic E-state index is 0.0252. The standard InChI is InChI=1S/C17H16ClNO3/c18-15(12-21-11-13-7-3-1-4-8-13)17(20)22-16(19)14-9-5-2-6-10-14/h1-10,15,19H,11-12H2. The van der Waals surface area contributed by atoms with Crippen molar-refractivity contribution in [2.75, 3.05) is 6.61 Å². The van der Waals surface area contributed by atoms with Crippen molar-refractivity contribution in [1.29, 1.82) is 5.41 Å². The van der Waals surface area contributed by atoms with E-state index in [2.05, 4.69) is 0 Å². The number of nitrogens with one attached hydrogen (secondary N) is 1. The largest absolute Gasteiger partial charge is 0.406 e. The second-order valence-corrected chi connectivity index (χ2v) is 5.11. The van der Waals surface area contributed by atoms with Crippen LogP contribution in [0.4, 0.5) is 0 Å². The van der Waals surface area contributed by atoms with Crippen molar-refractivity contribution in [3.8, 4) is 0 Å². The molecule has 0 saturated carbocycles. The van der Waals surface area contributed by atoms with E-state index in [4.69, 9.17) is 26.5 Å². The Balaban J connectivity index is 1.76. The average molecular weight is 318 g/mol. The number of ether oxygens (including phenoxy) is 2. The molecule has 2 rings (SSSR count). The molecule has 0 aliphatic carbocycles. The summed E-state index contributed by atoms with van der Waals surface area (Å²) in [6.45, 7) is 0.394. The summed E-state index contributed by atoms with van der Waals surface area (Å²) in [5, 5.41) is 6.77. The van der Waals surface area contributed by atoms with Gasteiger partial charge in [0.2, 0.25) is 5.90 Å². The number of hydrogen-bond donors (Lipinski definition) is 1. The van der Waals surface area contributed by atoms with Gasteiger partial charge in [0.25, 0.3) is 0 Å². The van der Waals surface area contributed by atoms with Gasteiger partial charge in [-0.15, -0.1) is 11.6 Å². The first kappa shape index (κ1) is 16.2. The highest BCUT2D eigenvalue weighted by atomic mass is 35.5. The summed E-state index contributed by atoms with van der Waals surface area (Å²) in [7, 11) is 0. The molecule has 0 aliphatic rings. The third kappa shape index (κ3) is 4.98. The summed E-state index contributed by atoms with van der Waals surface area (Å²) in [6, 6.07) is 18.3. The van der Waals surface area contributed by atoms with E-state index >= 15 is 0 Å². The van der Waals surface area contributed by atoms with Crippen LogP contribution >= 0.6 is 11.6 Å². The maximum Gasteiger partial charge on any atom is 0.333 e. The molecule has 0 aromatic heterocycles. The first-order chi connectivity index (χ1) is 10.7. The Labute approximate surface area is 134 Å². The van der Waals surface area contributed by atoms with Crippen molar-refractivity contribution in [1.82, 2.24) is 0 Å². The average Bonchev–Trinajstić information content (AvgIpc) is 2.56. The normalized spacial score (nSPS) is 11.7. The molecule has 0 aliphatic heterocycles. The summed E-state index contributed by atoms with van der Waals surface area (Å²) >= 11 is 5.93. The predicted octanol–water partition coefficient (Wildman–Crippen LogP) is 3.38. The lowest BCUT2D eigenvalue weighted by Crippen LogP contribution is -2.25. The summed E-state index contributed by atoms with van der Waals surface area (Å²) in [4.78, 5) is 11.8. The Hall–Kier alpha value is -2.17. The molecular weight excluding hydrogens is 302 g/mol. The first-order valence-electron chi connectivity index (χ1n) is 6.78. The molecule has 114 valence electrons. The van der Waals surface area contributed by atoms with Crippen LogP contribution in [0.2, 0.25) is 0 Å². The number of benzene rings is 2. The van der Waals surface area contributed by atoms with Crippen molar-refractivity contribution >= 4 is 23.5 Å². The third-order valence-corrected chi connectivity index (χ3v) is 3.17. The smallest absolute Gasteiger partial charge is 0.333 e. The molecule has 0 amide bonds. The van der Waals surface area contributed by atoms with Gasteiger partial charge in [-0.2, -0.15) is 0 Å². The lowest BCUT2D eigenvalue weighted by Gasteiger charge is -2.11. The number of carbonyl (C=O) groups is 1. The van der Waals surface area contributed by atoms with Gasteiger partial charge in [-0.25, -0.2) is 4.79 Å². The summed E-state index contributed by atoms with van der Waals surface area (Å²) < 4.78 is 10.3. The zero-order valence-electron chi connectivity index (χ0n) is 11.9. The van der Waals surface area contributed by atoms with E-state index in [1.807, 2.05) is 36.4 Å². The van der Waals surface area contributed by atoms with Crippen LogP contribution in [-0.2, 0) is 20.9 Å². The maximum atomic E-state index is 11.8. The van der Waals surface area contributed by atoms with E-state index < -0.39 is 11.3 Å². The van der Waals surface area contributed by atoms with Crippen molar-refractivity contribution in [3.63, 3.8) is 0 Å². The highest BCUT2D eigenvalue weighted by molar-refractivity contribution is 6.30. The summed E-state index contributed by atoms with van der Waals surface area (Å²) in [6.07, 6.45) is 0. The number of rotatable bonds is 6. The first-order valence-corrected chi connectivity index (χ1v) is 7.22. The third-order valence-electron chi connectivity index (χ3n) is 2.87. The van der Waals surface area contributed by atoms with E-state index in [-0.39, 0.29) is 12.5 Å². The topological polar surface area (TPSA) is 59.4 Å². The fourth-order valence-electron chi connectivity index (χ4n) is 1.74. The molecule has 1 N–H and O–H groups in total. The molecule has 0 heterocycles. The molecule has 2 aromatic rings. The molecule has 1 unspecified atom stereocenters. The number of esters is 1. The molecule has 0 spiro atoms. The number of carbonyl (C=O) groups excluding carboxylic acids is 1. The van der Waals surface area contributed by atoms with E-state index in [9.17, 15) is 4.79 Å². The van der Waals surface area contributed by atoms with Crippen LogP contribution in [0, 0.1) is 5.41 Å². The van der Waals surface area contributed by atoms with Gasteiger partial charge in [0.1, 0.15) is 0 Å². The van der Waals surface area contributed by atoms with Gasteiger partial charge in [0.05, 0.1) is 13.2 Å². The SMILES string of the molecule is N=C(OC(=O)C(Cl)COCc1ccccc1)c1ccccc1. The van der Waals surface area contributed by atoms with Crippen LogP contribution in [0.25, 0.3) is 0 Å². The van der Waals surface area contributed by atoms with Crippen molar-refractivity contribution < 1.29 is 14.3 Å². The van der Waals surface area contributed by atoms with Crippen LogP contribution in [0.5, 0.6) is 0 Å². The molecule has 22 heavy (non-hydrogen) atoms. The lowest BCUT2D eigenvalue weighted by atomic mass is 10.2. The number of alkyl halides is 1. The lowest BCUT2D eigenvalue weighted by molar-refractivity contribution is -0.136. The quantitative estimate of drug-likeness (QED) is 0.384. The van der Waals surface area contributed by atoms with Gasteiger partial charge in [-0.3, -0.25) is 5.41 Å². The zero-order chi connectivity index (χ0) is 15.8. The second-order valence-electron chi connectivity index (χ2n) is 4.58. The molecule has 1 atom stereocenters. The molecule has 0 radical (unpaired) electrons. The molecular formula is C17H16ClNO3. The highest BCUT2D eigenvalue weighted by Gasteiger charge is 2.19. The molecule has 0 fully saturated rings. The Kier molecular flexibility index (Phi) is 6.13. The fraction of sp³-hybridized carbons (Fsp3) is 0.176. The Bertz CT molecular complexity index is 616. The Morgan fingerprint density at radius 3 is 2.27 bits per heavy atom. The highest BCUT2D eigenvalue weighted by Crippen LogP contribution is 2.07. The van der Waals surface area contributed by atoms with Gasteiger partial charge >= 0.3 is 5.97 Å². The Morgan fingerprint density at radius 1 is 1.05 bits per heavy atom. The van der Waals surface area contributed by atoms with Crippen LogP contribution in [0.1, 0.15) is 11.1 Å². The van der Waals surface area contributed by atoms with Crippen molar-refractivity contribution in [3.05, 3.63) is 71.8 Å². The summed E-state index contributed by atoms with van der Waals surface area (Å²) in [5.41, 5.74) is 1.52. The van der Waals surface area contributed by atoms with Crippen LogP contribution in [-0.4, -0.2) is 23.9 Å². The zero-order valence-corrected chi connectivity index (χ0v) is 12.6. The van der Waals surface area contributed by atoms with Crippen LogP contribution < -0.4 is 0 Å². The van der Waals surface area contributed by atoms with E-state index in [0.29, 0.717) is 12.2 Å². The van der Waals surface area contributed by atoms with E-state index in [0.717, 1.165) is 5.56 Å². The minimum atomic E-state index is -0.951. The van der Waals surface area contributed by atoms with Gasteiger partial charge in [-0.05, 0) is 17.7 Å². The molecule has 4 nitrogen and oxygen atoms in total. The van der Waals surface area contributed by atoms with E-state index in [1.54, 1.807) is 24.3 Å². The fourth-order valence-corrected chi connectivity index (χ4v) is 1.87. The molecule has 2 aromatic carbocycles. The molecule has 5 heteroatoms. The predicted molar refractivity (Wildman–Crippen MR) is 85.1 cm³/mol. The summed E-state index contributed by atoms with van der Waals surface area (Å²) in [5.74, 6) is -0.914. The molecule has 0 bridgehead atoms. The number of hydrogen-bond acceptors (Lipinski definition) is 4. The van der Waals surface area contributed by atoms with Crippen LogP contribution in [0.15, 0.2) is 60.7 Å². The van der Waals surface area contributed by atoms with Gasteiger partial charge < -0.3 is 9.47 Å². The van der Waals surface area contributed by atoms with Gasteiger partial charge in [-0.1, -0.05) is 48.5 Å². The van der Waals surface area contributed by atoms with Crippen molar-refractivity contribution in [2.45, 2.75) is 12.0 Å².